The fraction of sp³-hybridized carbons (Fsp3) is 0.500. The van der Waals surface area contributed by atoms with Crippen molar-refractivity contribution in [2.24, 2.45) is 0 Å². The molecule has 0 spiro atoms. The van der Waals surface area contributed by atoms with E-state index in [9.17, 15) is 14.5 Å². The minimum atomic E-state index is -4.37. The number of alkyl halides is 1. The van der Waals surface area contributed by atoms with E-state index in [-0.39, 0.29) is 28.9 Å². The Kier molecular flexibility index (Phi) is 10.1. The van der Waals surface area contributed by atoms with E-state index in [0.29, 0.717) is 5.82 Å². The van der Waals surface area contributed by atoms with Gasteiger partial charge in [0.05, 0.1) is 12.7 Å². The minimum Gasteiger partial charge on any atom is -0.462 e. The van der Waals surface area contributed by atoms with Gasteiger partial charge >= 0.3 is 13.7 Å². The molecule has 0 aliphatic heterocycles. The molecule has 14 nitrogen and oxygen atoms in total. The van der Waals surface area contributed by atoms with E-state index in [1.165, 1.54) is 26.2 Å². The summed E-state index contributed by atoms with van der Waals surface area (Å²) in [6.45, 7) is 4.05. The molecular formula is C28H37FN7O7P. The Hall–Kier alpha value is -3.80. The summed E-state index contributed by atoms with van der Waals surface area (Å²) in [5.74, 6) is -1.32. The van der Waals surface area contributed by atoms with Crippen LogP contribution in [0, 0.1) is 12.3 Å². The molecule has 16 heteroatoms. The maximum atomic E-state index is 16.7. The highest BCUT2D eigenvalue weighted by Gasteiger charge is 2.46. The number of benzene rings is 1. The molecule has 0 saturated heterocycles. The van der Waals surface area contributed by atoms with Crippen LogP contribution in [-0.2, 0) is 29.1 Å². The molecule has 1 aliphatic rings. The number of carbonyl (C=O) groups is 1. The first-order valence-corrected chi connectivity index (χ1v) is 15.4. The van der Waals surface area contributed by atoms with Crippen molar-refractivity contribution in [3.05, 3.63) is 36.7 Å². The standard InChI is InChI=1S/C28H37FN7O7P/c1-7-28(29,36-16-31-22-24(35(5)19-13-14-19)32-27(30)33-25(22)36)23(37)21(40-6)15-41-44(39,43-20-11-9-8-10-12-20)34-18(4)26(38)42-17(2)3/h1,8-12,16-19,21,23,37H,13-15H2,2-6H3,(H,34,39)(H2,30,32,33)/t18-,21?,23+,28-,44?/m0/s1. The number of ether oxygens (including phenoxy) is 2. The quantitative estimate of drug-likeness (QED) is 0.127. The maximum Gasteiger partial charge on any atom is 0.459 e. The number of imidazole rings is 1. The SMILES string of the molecule is C#C[C@@](F)([C@H](O)C(COP(=O)(N[C@@H](C)C(=O)OC(C)C)Oc1ccccc1)OC)n1cnc2c(N(C)C3CC3)nc(N)nc21. The topological polar surface area (TPSA) is 176 Å². The average Bonchev–Trinajstić information content (AvgIpc) is 3.75. The van der Waals surface area contributed by atoms with Gasteiger partial charge in [0, 0.05) is 20.2 Å². The van der Waals surface area contributed by atoms with Crippen molar-refractivity contribution in [1.82, 2.24) is 24.6 Å². The smallest absolute Gasteiger partial charge is 0.459 e. The Balaban J connectivity index is 1.60. The number of hydrogen-bond donors (Lipinski definition) is 3. The van der Waals surface area contributed by atoms with Crippen LogP contribution < -0.4 is 20.2 Å². The molecule has 1 fully saturated rings. The number of para-hydroxylation sites is 1. The van der Waals surface area contributed by atoms with Crippen molar-refractivity contribution < 1.29 is 37.4 Å². The van der Waals surface area contributed by atoms with E-state index in [1.54, 1.807) is 32.0 Å². The van der Waals surface area contributed by atoms with Gasteiger partial charge < -0.3 is 29.7 Å². The number of nitrogens with one attached hydrogen (secondary N) is 1. The summed E-state index contributed by atoms with van der Waals surface area (Å²) in [5, 5.41) is 13.8. The van der Waals surface area contributed by atoms with Crippen LogP contribution in [0.3, 0.4) is 0 Å². The van der Waals surface area contributed by atoms with Gasteiger partial charge in [0.1, 0.15) is 30.3 Å². The summed E-state index contributed by atoms with van der Waals surface area (Å²) >= 11 is 0. The third kappa shape index (κ3) is 7.28. The lowest BCUT2D eigenvalue weighted by molar-refractivity contribution is -0.149. The largest absolute Gasteiger partial charge is 0.462 e. The highest BCUT2D eigenvalue weighted by atomic mass is 31.2. The van der Waals surface area contributed by atoms with E-state index in [0.717, 1.165) is 23.7 Å². The van der Waals surface area contributed by atoms with E-state index in [1.807, 2.05) is 17.9 Å². The van der Waals surface area contributed by atoms with Gasteiger partial charge in [-0.15, -0.1) is 6.42 Å². The molecule has 44 heavy (non-hydrogen) atoms. The Bertz CT molecular complexity index is 1550. The van der Waals surface area contributed by atoms with Gasteiger partial charge in [-0.25, -0.2) is 13.9 Å². The van der Waals surface area contributed by atoms with E-state index in [2.05, 4.69) is 20.0 Å². The predicted molar refractivity (Wildman–Crippen MR) is 160 cm³/mol. The number of nitrogen functional groups attached to an aromatic ring is 1. The number of carbonyl (C=O) groups excluding carboxylic acids is 1. The van der Waals surface area contributed by atoms with Gasteiger partial charge in [-0.3, -0.25) is 13.9 Å². The molecule has 1 saturated carbocycles. The maximum absolute atomic E-state index is 16.7. The summed E-state index contributed by atoms with van der Waals surface area (Å²) in [6, 6.07) is 7.15. The molecule has 0 radical (unpaired) electrons. The second kappa shape index (κ2) is 13.5. The van der Waals surface area contributed by atoms with E-state index in [4.69, 9.17) is 30.7 Å². The molecule has 0 amide bonds. The van der Waals surface area contributed by atoms with E-state index >= 15 is 4.39 Å². The number of aromatic nitrogens is 4. The van der Waals surface area contributed by atoms with Crippen LogP contribution in [0.2, 0.25) is 0 Å². The zero-order valence-corrected chi connectivity index (χ0v) is 26.0. The van der Waals surface area contributed by atoms with Gasteiger partial charge in [0.15, 0.2) is 17.0 Å². The predicted octanol–water partition coefficient (Wildman–Crippen LogP) is 2.77. The van der Waals surface area contributed by atoms with Gasteiger partial charge in [-0.2, -0.15) is 15.1 Å². The zero-order valence-electron chi connectivity index (χ0n) is 25.1. The number of aliphatic hydroxyl groups excluding tert-OH is 1. The summed E-state index contributed by atoms with van der Waals surface area (Å²) in [7, 11) is -1.36. The van der Waals surface area contributed by atoms with Crippen LogP contribution in [0.4, 0.5) is 16.2 Å². The van der Waals surface area contributed by atoms with Crippen molar-refractivity contribution in [3.63, 3.8) is 0 Å². The number of methoxy groups -OCH3 is 1. The molecular weight excluding hydrogens is 596 g/mol. The van der Waals surface area contributed by atoms with Crippen molar-refractivity contribution >= 4 is 36.6 Å². The van der Waals surface area contributed by atoms with Crippen LogP contribution in [0.5, 0.6) is 5.75 Å². The highest BCUT2D eigenvalue weighted by Crippen LogP contribution is 2.45. The highest BCUT2D eigenvalue weighted by molar-refractivity contribution is 7.52. The fourth-order valence-electron chi connectivity index (χ4n) is 4.36. The Morgan fingerprint density at radius 1 is 1.32 bits per heavy atom. The molecule has 2 unspecified atom stereocenters. The minimum absolute atomic E-state index is 0.0486. The number of nitrogens with zero attached hydrogens (tertiary/aromatic N) is 5. The van der Waals surface area contributed by atoms with Crippen molar-refractivity contribution in [2.75, 3.05) is 31.4 Å². The van der Waals surface area contributed by atoms with Crippen molar-refractivity contribution in [2.45, 2.75) is 69.8 Å². The number of anilines is 2. The monoisotopic (exact) mass is 633 g/mol. The molecule has 1 aliphatic carbocycles. The van der Waals surface area contributed by atoms with Crippen LogP contribution >= 0.6 is 7.75 Å². The number of hydrogen-bond acceptors (Lipinski definition) is 12. The Morgan fingerprint density at radius 3 is 2.59 bits per heavy atom. The Morgan fingerprint density at radius 2 is 2.00 bits per heavy atom. The number of aliphatic hydroxyl groups is 1. The lowest BCUT2D eigenvalue weighted by Crippen LogP contribution is -2.49. The van der Waals surface area contributed by atoms with Crippen LogP contribution in [0.15, 0.2) is 36.7 Å². The number of halogens is 1. The van der Waals surface area contributed by atoms with Crippen molar-refractivity contribution in [1.29, 1.82) is 0 Å². The number of rotatable bonds is 15. The lowest BCUT2D eigenvalue weighted by atomic mass is 10.0. The van der Waals surface area contributed by atoms with Crippen molar-refractivity contribution in [3.8, 4) is 18.1 Å². The number of fused-ring (bicyclic) bond motifs is 1. The molecule has 2 aromatic heterocycles. The van der Waals surface area contributed by atoms with Gasteiger partial charge in [-0.05, 0) is 51.7 Å². The molecule has 4 N–H and O–H groups in total. The van der Waals surface area contributed by atoms with Crippen LogP contribution in [0.1, 0.15) is 33.6 Å². The molecule has 238 valence electrons. The van der Waals surface area contributed by atoms with Gasteiger partial charge in [-0.1, -0.05) is 18.2 Å². The number of terminal acetylenes is 1. The summed E-state index contributed by atoms with van der Waals surface area (Å²) in [6.07, 6.45) is 4.60. The number of esters is 1. The molecule has 2 heterocycles. The van der Waals surface area contributed by atoms with Crippen LogP contribution in [-0.4, -0.2) is 81.8 Å². The van der Waals surface area contributed by atoms with Gasteiger partial charge in [0.25, 0.3) is 5.79 Å². The van der Waals surface area contributed by atoms with Crippen LogP contribution in [0.25, 0.3) is 11.2 Å². The van der Waals surface area contributed by atoms with Gasteiger partial charge in [0.2, 0.25) is 5.95 Å². The molecule has 0 bridgehead atoms. The molecule has 3 aromatic rings. The normalized spacial score (nSPS) is 18.1. The second-order valence-corrected chi connectivity index (χ2v) is 12.3. The molecule has 4 rings (SSSR count). The average molecular weight is 634 g/mol. The first kappa shape index (κ1) is 33.1. The lowest BCUT2D eigenvalue weighted by Gasteiger charge is -2.32. The summed E-state index contributed by atoms with van der Waals surface area (Å²) in [5.41, 5.74) is 6.13. The zero-order chi connectivity index (χ0) is 32.2. The van der Waals surface area contributed by atoms with E-state index < -0.39 is 50.5 Å². The molecule has 5 atom stereocenters. The summed E-state index contributed by atoms with van der Waals surface area (Å²) in [4.78, 5) is 27.0. The Labute approximate surface area is 254 Å². The molecule has 1 aromatic carbocycles. The number of nitrogens with two attached hydrogens (primary N) is 1. The summed E-state index contributed by atoms with van der Waals surface area (Å²) < 4.78 is 53.1. The first-order valence-electron chi connectivity index (χ1n) is 13.9. The second-order valence-electron chi connectivity index (χ2n) is 10.6. The first-order chi connectivity index (χ1) is 20.8. The third-order valence-electron chi connectivity index (χ3n) is 6.86. The third-order valence-corrected chi connectivity index (χ3v) is 8.50. The fourth-order valence-corrected chi connectivity index (χ4v) is 5.86.